The predicted molar refractivity (Wildman–Crippen MR) is 82.5 cm³/mol. The normalized spacial score (nSPS) is 10.6. The summed E-state index contributed by atoms with van der Waals surface area (Å²) in [6.45, 7) is 1.64. The largest absolute Gasteiger partial charge is 0.367 e. The molecule has 20 heavy (non-hydrogen) atoms. The van der Waals surface area contributed by atoms with Crippen molar-refractivity contribution in [3.05, 3.63) is 71.8 Å². The second-order valence-electron chi connectivity index (χ2n) is 4.62. The maximum atomic E-state index is 9.19. The van der Waals surface area contributed by atoms with E-state index in [1.165, 1.54) is 11.1 Å². The zero-order valence-electron chi connectivity index (χ0n) is 11.2. The maximum Gasteiger partial charge on any atom is 0.164 e. The van der Waals surface area contributed by atoms with Crippen LogP contribution in [0.2, 0.25) is 0 Å². The SMILES string of the molecule is Cl.OC(O)CN(Cc1ccccc1)Cc1ccccc1. The van der Waals surface area contributed by atoms with Gasteiger partial charge in [-0.2, -0.15) is 0 Å². The Balaban J connectivity index is 0.00000200. The second-order valence-corrected chi connectivity index (χ2v) is 4.62. The van der Waals surface area contributed by atoms with Crippen molar-refractivity contribution >= 4 is 12.4 Å². The van der Waals surface area contributed by atoms with Gasteiger partial charge < -0.3 is 10.2 Å². The van der Waals surface area contributed by atoms with Gasteiger partial charge in [0.05, 0.1) is 0 Å². The average Bonchev–Trinajstić information content (AvgIpc) is 2.40. The molecule has 0 aliphatic carbocycles. The van der Waals surface area contributed by atoms with E-state index in [2.05, 4.69) is 0 Å². The highest BCUT2D eigenvalue weighted by atomic mass is 35.5. The highest BCUT2D eigenvalue weighted by molar-refractivity contribution is 5.85. The molecule has 0 amide bonds. The molecule has 0 unspecified atom stereocenters. The number of aliphatic hydroxyl groups is 2. The van der Waals surface area contributed by atoms with Crippen molar-refractivity contribution in [2.24, 2.45) is 0 Å². The van der Waals surface area contributed by atoms with Crippen molar-refractivity contribution in [1.29, 1.82) is 0 Å². The fraction of sp³-hybridized carbons (Fsp3) is 0.250. The van der Waals surface area contributed by atoms with Crippen molar-refractivity contribution in [2.45, 2.75) is 19.4 Å². The summed E-state index contributed by atoms with van der Waals surface area (Å²) < 4.78 is 0. The quantitative estimate of drug-likeness (QED) is 0.804. The molecule has 0 heterocycles. The number of rotatable bonds is 6. The summed E-state index contributed by atoms with van der Waals surface area (Å²) in [6, 6.07) is 20.1. The number of nitrogens with zero attached hydrogens (tertiary/aromatic N) is 1. The van der Waals surface area contributed by atoms with Crippen LogP contribution in [0.25, 0.3) is 0 Å². The van der Waals surface area contributed by atoms with Gasteiger partial charge in [-0.05, 0) is 11.1 Å². The summed E-state index contributed by atoms with van der Waals surface area (Å²) in [7, 11) is 0. The molecule has 2 N–H and O–H groups in total. The summed E-state index contributed by atoms with van der Waals surface area (Å²) >= 11 is 0. The Hall–Kier alpha value is -1.39. The molecule has 4 heteroatoms. The molecule has 0 atom stereocenters. The van der Waals surface area contributed by atoms with Crippen LogP contribution in [-0.2, 0) is 13.1 Å². The van der Waals surface area contributed by atoms with E-state index in [4.69, 9.17) is 0 Å². The van der Waals surface area contributed by atoms with Gasteiger partial charge >= 0.3 is 0 Å². The molecule has 3 nitrogen and oxygen atoms in total. The Morgan fingerprint density at radius 1 is 0.750 bits per heavy atom. The zero-order chi connectivity index (χ0) is 13.5. The third kappa shape index (κ3) is 5.72. The van der Waals surface area contributed by atoms with Gasteiger partial charge in [0, 0.05) is 19.6 Å². The highest BCUT2D eigenvalue weighted by Gasteiger charge is 2.10. The molecule has 0 fully saturated rings. The number of halogens is 1. The first kappa shape index (κ1) is 16.7. The topological polar surface area (TPSA) is 43.7 Å². The number of hydrogen-bond acceptors (Lipinski definition) is 3. The third-order valence-electron chi connectivity index (χ3n) is 2.92. The molecule has 0 aliphatic rings. The van der Waals surface area contributed by atoms with Gasteiger partial charge in [-0.15, -0.1) is 12.4 Å². The lowest BCUT2D eigenvalue weighted by Gasteiger charge is -2.23. The van der Waals surface area contributed by atoms with Crippen LogP contribution in [-0.4, -0.2) is 27.9 Å². The van der Waals surface area contributed by atoms with Crippen LogP contribution >= 0.6 is 12.4 Å². The second kappa shape index (κ2) is 8.72. The predicted octanol–water partition coefficient (Wildman–Crippen LogP) is 2.42. The van der Waals surface area contributed by atoms with Gasteiger partial charge in [-0.1, -0.05) is 60.7 Å². The van der Waals surface area contributed by atoms with Crippen LogP contribution in [0.15, 0.2) is 60.7 Å². The van der Waals surface area contributed by atoms with E-state index in [-0.39, 0.29) is 19.0 Å². The van der Waals surface area contributed by atoms with Crippen molar-refractivity contribution < 1.29 is 10.2 Å². The Bertz CT molecular complexity index is 435. The lowest BCUT2D eigenvalue weighted by Crippen LogP contribution is -2.31. The van der Waals surface area contributed by atoms with E-state index in [9.17, 15) is 10.2 Å². The summed E-state index contributed by atoms with van der Waals surface area (Å²) in [4.78, 5) is 2.02. The van der Waals surface area contributed by atoms with Gasteiger partial charge in [0.1, 0.15) is 0 Å². The van der Waals surface area contributed by atoms with Crippen molar-refractivity contribution in [3.8, 4) is 0 Å². The summed E-state index contributed by atoms with van der Waals surface area (Å²) in [6.07, 6.45) is -1.31. The van der Waals surface area contributed by atoms with Crippen LogP contribution in [0.1, 0.15) is 11.1 Å². The molecule has 108 valence electrons. The number of benzene rings is 2. The first-order valence-corrected chi connectivity index (χ1v) is 6.40. The maximum absolute atomic E-state index is 9.19. The smallest absolute Gasteiger partial charge is 0.164 e. The van der Waals surface area contributed by atoms with Crippen molar-refractivity contribution in [3.63, 3.8) is 0 Å². The fourth-order valence-electron chi connectivity index (χ4n) is 2.10. The van der Waals surface area contributed by atoms with Gasteiger partial charge in [0.25, 0.3) is 0 Å². The van der Waals surface area contributed by atoms with Crippen LogP contribution in [0.3, 0.4) is 0 Å². The summed E-state index contributed by atoms with van der Waals surface area (Å²) in [5.74, 6) is 0. The Morgan fingerprint density at radius 3 is 1.50 bits per heavy atom. The van der Waals surface area contributed by atoms with E-state index in [1.54, 1.807) is 0 Å². The number of hydrogen-bond donors (Lipinski definition) is 2. The molecule has 0 bridgehead atoms. The molecule has 0 spiro atoms. The lowest BCUT2D eigenvalue weighted by molar-refractivity contribution is -0.0641. The van der Waals surface area contributed by atoms with E-state index >= 15 is 0 Å². The van der Waals surface area contributed by atoms with Crippen LogP contribution < -0.4 is 0 Å². The minimum atomic E-state index is -1.31. The Labute approximate surface area is 125 Å². The molecule has 2 rings (SSSR count). The van der Waals surface area contributed by atoms with Gasteiger partial charge in [0.2, 0.25) is 0 Å². The van der Waals surface area contributed by atoms with Gasteiger partial charge in [-0.25, -0.2) is 0 Å². The van der Waals surface area contributed by atoms with E-state index in [0.29, 0.717) is 13.1 Å². The number of aliphatic hydroxyl groups excluding tert-OH is 1. The fourth-order valence-corrected chi connectivity index (χ4v) is 2.10. The van der Waals surface area contributed by atoms with Crippen LogP contribution in [0, 0.1) is 0 Å². The molecule has 0 aromatic heterocycles. The molecular formula is C16H20ClNO2. The average molecular weight is 294 g/mol. The lowest BCUT2D eigenvalue weighted by atomic mass is 10.1. The van der Waals surface area contributed by atoms with Crippen LogP contribution in [0.5, 0.6) is 0 Å². The molecule has 0 saturated carbocycles. The molecule has 0 aliphatic heterocycles. The third-order valence-corrected chi connectivity index (χ3v) is 2.92. The summed E-state index contributed by atoms with van der Waals surface area (Å²) in [5, 5.41) is 18.4. The van der Waals surface area contributed by atoms with Crippen LogP contribution in [0.4, 0.5) is 0 Å². The zero-order valence-corrected chi connectivity index (χ0v) is 12.0. The van der Waals surface area contributed by atoms with Gasteiger partial charge in [-0.3, -0.25) is 4.90 Å². The molecule has 2 aromatic rings. The standard InChI is InChI=1S/C16H19NO2.ClH/c18-16(19)13-17(11-14-7-3-1-4-8-14)12-15-9-5-2-6-10-15;/h1-10,16,18-19H,11-13H2;1H. The molecule has 0 radical (unpaired) electrons. The Kier molecular flexibility index (Phi) is 7.26. The van der Waals surface area contributed by atoms with E-state index in [1.807, 2.05) is 65.6 Å². The minimum absolute atomic E-state index is 0. The monoisotopic (exact) mass is 293 g/mol. The summed E-state index contributed by atoms with van der Waals surface area (Å²) in [5.41, 5.74) is 2.33. The minimum Gasteiger partial charge on any atom is -0.367 e. The molecule has 2 aromatic carbocycles. The van der Waals surface area contributed by atoms with Crippen molar-refractivity contribution in [2.75, 3.05) is 6.54 Å². The van der Waals surface area contributed by atoms with Crippen molar-refractivity contribution in [1.82, 2.24) is 4.90 Å². The Morgan fingerprint density at radius 2 is 1.15 bits per heavy atom. The van der Waals surface area contributed by atoms with E-state index in [0.717, 1.165) is 0 Å². The molecule has 0 saturated heterocycles. The molecular weight excluding hydrogens is 274 g/mol. The first-order chi connectivity index (χ1) is 9.24. The van der Waals surface area contributed by atoms with Gasteiger partial charge in [0.15, 0.2) is 6.29 Å². The highest BCUT2D eigenvalue weighted by Crippen LogP contribution is 2.10. The van der Waals surface area contributed by atoms with E-state index < -0.39 is 6.29 Å². The first-order valence-electron chi connectivity index (χ1n) is 6.40.